The summed E-state index contributed by atoms with van der Waals surface area (Å²) in [5.74, 6) is 0. The summed E-state index contributed by atoms with van der Waals surface area (Å²) in [6.45, 7) is 10.3. The van der Waals surface area contributed by atoms with Crippen LogP contribution in [0.5, 0.6) is 0 Å². The third kappa shape index (κ3) is 1.95. The molecule has 1 aliphatic carbocycles. The van der Waals surface area contributed by atoms with Gasteiger partial charge in [-0.25, -0.2) is 0 Å². The summed E-state index contributed by atoms with van der Waals surface area (Å²) in [5, 5.41) is 6.18. The van der Waals surface area contributed by atoms with E-state index in [0.29, 0.717) is 16.9 Å². The lowest BCUT2D eigenvalue weighted by molar-refractivity contribution is 0.457. The van der Waals surface area contributed by atoms with Crippen LogP contribution < -0.4 is 5.32 Å². The summed E-state index contributed by atoms with van der Waals surface area (Å²) in [6.07, 6.45) is 3.77. The molecule has 19 heavy (non-hydrogen) atoms. The second-order valence-electron chi connectivity index (χ2n) is 6.81. The molecule has 2 heteroatoms. The van der Waals surface area contributed by atoms with E-state index in [4.69, 9.17) is 0 Å². The first-order chi connectivity index (χ1) is 8.93. The van der Waals surface area contributed by atoms with Crippen LogP contribution in [0.15, 0.2) is 36.7 Å². The number of nitrogens with zero attached hydrogens (tertiary/aromatic N) is 1. The molecule has 1 aliphatic rings. The fourth-order valence-electron chi connectivity index (χ4n) is 3.17. The van der Waals surface area contributed by atoms with Gasteiger partial charge in [0, 0.05) is 30.4 Å². The summed E-state index contributed by atoms with van der Waals surface area (Å²) >= 11 is 0. The Morgan fingerprint density at radius 1 is 1.05 bits per heavy atom. The number of nitrogens with one attached hydrogen (secondary N) is 1. The van der Waals surface area contributed by atoms with Gasteiger partial charge in [0.05, 0.1) is 0 Å². The van der Waals surface area contributed by atoms with Crippen molar-refractivity contribution in [3.8, 4) is 0 Å². The third-order valence-corrected chi connectivity index (χ3v) is 5.24. The number of pyridine rings is 1. The van der Waals surface area contributed by atoms with Crippen LogP contribution in [0.25, 0.3) is 10.8 Å². The molecule has 0 saturated heterocycles. The van der Waals surface area contributed by atoms with E-state index in [0.717, 1.165) is 6.54 Å². The van der Waals surface area contributed by atoms with Gasteiger partial charge in [-0.2, -0.15) is 0 Å². The Bertz CT molecular complexity index is 599. The van der Waals surface area contributed by atoms with Crippen molar-refractivity contribution >= 4 is 10.8 Å². The Labute approximate surface area is 115 Å². The van der Waals surface area contributed by atoms with Crippen LogP contribution in [0, 0.1) is 10.8 Å². The van der Waals surface area contributed by atoms with Crippen LogP contribution in [-0.2, 0) is 6.54 Å². The van der Waals surface area contributed by atoms with Crippen LogP contribution in [0.4, 0.5) is 0 Å². The zero-order valence-corrected chi connectivity index (χ0v) is 12.2. The van der Waals surface area contributed by atoms with Crippen LogP contribution in [0.3, 0.4) is 0 Å². The third-order valence-electron chi connectivity index (χ3n) is 5.24. The molecule has 2 nitrogen and oxygen atoms in total. The molecule has 1 aromatic carbocycles. The van der Waals surface area contributed by atoms with Crippen molar-refractivity contribution in [3.05, 3.63) is 42.2 Å². The minimum absolute atomic E-state index is 0.397. The number of hydrogen-bond acceptors (Lipinski definition) is 2. The lowest BCUT2D eigenvalue weighted by Crippen LogP contribution is -2.21. The van der Waals surface area contributed by atoms with Gasteiger partial charge < -0.3 is 5.32 Å². The number of hydrogen-bond donors (Lipinski definition) is 1. The van der Waals surface area contributed by atoms with Gasteiger partial charge in [0.2, 0.25) is 0 Å². The summed E-state index contributed by atoms with van der Waals surface area (Å²) in [7, 11) is 0. The molecular weight excluding hydrogens is 232 g/mol. The summed E-state index contributed by atoms with van der Waals surface area (Å²) in [4.78, 5) is 4.15. The molecule has 0 amide bonds. The van der Waals surface area contributed by atoms with E-state index in [9.17, 15) is 0 Å². The highest BCUT2D eigenvalue weighted by Crippen LogP contribution is 2.62. The molecule has 1 fully saturated rings. The molecular formula is C17H22N2. The van der Waals surface area contributed by atoms with Crippen molar-refractivity contribution in [2.24, 2.45) is 10.8 Å². The van der Waals surface area contributed by atoms with E-state index in [1.807, 2.05) is 12.4 Å². The molecule has 0 bridgehead atoms. The molecule has 100 valence electrons. The topological polar surface area (TPSA) is 24.9 Å². The van der Waals surface area contributed by atoms with Gasteiger partial charge in [-0.3, -0.25) is 4.98 Å². The molecule has 0 radical (unpaired) electrons. The van der Waals surface area contributed by atoms with E-state index in [2.05, 4.69) is 62.3 Å². The molecule has 0 unspecified atom stereocenters. The Balaban J connectivity index is 1.73. The summed E-state index contributed by atoms with van der Waals surface area (Å²) in [5.41, 5.74) is 2.14. The monoisotopic (exact) mass is 254 g/mol. The smallest absolute Gasteiger partial charge is 0.0346 e. The Morgan fingerprint density at radius 2 is 1.79 bits per heavy atom. The van der Waals surface area contributed by atoms with Crippen LogP contribution in [0.1, 0.15) is 33.3 Å². The van der Waals surface area contributed by atoms with E-state index in [-0.39, 0.29) is 0 Å². The quantitative estimate of drug-likeness (QED) is 0.902. The van der Waals surface area contributed by atoms with Gasteiger partial charge in [0.25, 0.3) is 0 Å². The maximum atomic E-state index is 4.15. The zero-order chi connectivity index (χ0) is 13.7. The van der Waals surface area contributed by atoms with Crippen molar-refractivity contribution < 1.29 is 0 Å². The lowest BCUT2D eigenvalue weighted by Gasteiger charge is -2.07. The molecule has 1 aromatic heterocycles. The highest BCUT2D eigenvalue weighted by Gasteiger charge is 2.64. The Hall–Kier alpha value is -1.41. The van der Waals surface area contributed by atoms with Crippen LogP contribution >= 0.6 is 0 Å². The second-order valence-corrected chi connectivity index (χ2v) is 6.81. The molecule has 1 saturated carbocycles. The minimum Gasteiger partial charge on any atom is -0.309 e. The second kappa shape index (κ2) is 4.04. The van der Waals surface area contributed by atoms with Crippen molar-refractivity contribution in [3.63, 3.8) is 0 Å². The molecule has 0 atom stereocenters. The largest absolute Gasteiger partial charge is 0.309 e. The SMILES string of the molecule is CC1(C)C(NCc2ccc3cnccc3c2)C1(C)C. The van der Waals surface area contributed by atoms with Gasteiger partial charge >= 0.3 is 0 Å². The lowest BCUT2D eigenvalue weighted by atomic mass is 10.0. The normalized spacial score (nSPS) is 20.6. The zero-order valence-electron chi connectivity index (χ0n) is 12.2. The highest BCUT2D eigenvalue weighted by atomic mass is 15.0. The fourth-order valence-corrected chi connectivity index (χ4v) is 3.17. The van der Waals surface area contributed by atoms with Crippen LogP contribution in [0.2, 0.25) is 0 Å². The molecule has 3 rings (SSSR count). The number of rotatable bonds is 3. The number of benzene rings is 1. The maximum absolute atomic E-state index is 4.15. The summed E-state index contributed by atoms with van der Waals surface area (Å²) in [6, 6.07) is 9.28. The van der Waals surface area contributed by atoms with Crippen molar-refractivity contribution in [1.82, 2.24) is 10.3 Å². The van der Waals surface area contributed by atoms with Crippen molar-refractivity contribution in [2.45, 2.75) is 40.3 Å². The van der Waals surface area contributed by atoms with Crippen LogP contribution in [-0.4, -0.2) is 11.0 Å². The number of aromatic nitrogens is 1. The van der Waals surface area contributed by atoms with Gasteiger partial charge in [0.15, 0.2) is 0 Å². The first-order valence-corrected chi connectivity index (χ1v) is 6.99. The number of fused-ring (bicyclic) bond motifs is 1. The van der Waals surface area contributed by atoms with E-state index in [1.165, 1.54) is 16.3 Å². The van der Waals surface area contributed by atoms with Gasteiger partial charge in [-0.1, -0.05) is 39.8 Å². The van der Waals surface area contributed by atoms with Crippen molar-refractivity contribution in [1.29, 1.82) is 0 Å². The Morgan fingerprint density at radius 3 is 2.47 bits per heavy atom. The predicted octanol–water partition coefficient (Wildman–Crippen LogP) is 3.76. The van der Waals surface area contributed by atoms with Gasteiger partial charge in [-0.15, -0.1) is 0 Å². The van der Waals surface area contributed by atoms with E-state index < -0.39 is 0 Å². The first-order valence-electron chi connectivity index (χ1n) is 6.99. The molecule has 0 spiro atoms. The predicted molar refractivity (Wildman–Crippen MR) is 79.9 cm³/mol. The van der Waals surface area contributed by atoms with E-state index in [1.54, 1.807) is 0 Å². The molecule has 1 N–H and O–H groups in total. The maximum Gasteiger partial charge on any atom is 0.0346 e. The Kier molecular flexibility index (Phi) is 2.68. The minimum atomic E-state index is 0.397. The molecule has 0 aliphatic heterocycles. The van der Waals surface area contributed by atoms with Gasteiger partial charge in [-0.05, 0) is 33.9 Å². The first kappa shape index (κ1) is 12.6. The average Bonchev–Trinajstić information content (AvgIpc) is 2.77. The fraction of sp³-hybridized carbons (Fsp3) is 0.471. The van der Waals surface area contributed by atoms with E-state index >= 15 is 0 Å². The summed E-state index contributed by atoms with van der Waals surface area (Å²) < 4.78 is 0. The molecule has 1 heterocycles. The standard InChI is InChI=1S/C17H22N2/c1-16(2)15(17(16,3)4)19-10-12-5-6-14-11-18-8-7-13(14)9-12/h5-9,11,15,19H,10H2,1-4H3. The highest BCUT2D eigenvalue weighted by molar-refractivity contribution is 5.81. The average molecular weight is 254 g/mol. The molecule has 2 aromatic rings. The van der Waals surface area contributed by atoms with Gasteiger partial charge in [0.1, 0.15) is 0 Å². The van der Waals surface area contributed by atoms with Crippen molar-refractivity contribution in [2.75, 3.05) is 0 Å².